The average Bonchev–Trinajstić information content (AvgIpc) is 2.75. The van der Waals surface area contributed by atoms with E-state index in [9.17, 15) is 4.79 Å². The SMILES string of the molecule is Cc1c(C(=O)OC(C)(C)C(C)N(C)C)oc2ccccc12. The van der Waals surface area contributed by atoms with Gasteiger partial charge in [-0.1, -0.05) is 18.2 Å². The number of furan rings is 1. The van der Waals surface area contributed by atoms with E-state index in [0.29, 0.717) is 5.58 Å². The molecule has 0 N–H and O–H groups in total. The Morgan fingerprint density at radius 3 is 2.48 bits per heavy atom. The molecule has 0 bridgehead atoms. The van der Waals surface area contributed by atoms with Crippen LogP contribution >= 0.6 is 0 Å². The van der Waals surface area contributed by atoms with Crippen molar-refractivity contribution in [3.8, 4) is 0 Å². The quantitative estimate of drug-likeness (QED) is 0.806. The Kier molecular flexibility index (Phi) is 4.10. The van der Waals surface area contributed by atoms with Crippen LogP contribution in [0, 0.1) is 6.92 Å². The van der Waals surface area contributed by atoms with Crippen LogP contribution in [0.15, 0.2) is 28.7 Å². The van der Waals surface area contributed by atoms with Crippen LogP contribution in [0.5, 0.6) is 0 Å². The standard InChI is InChI=1S/C17H23NO3/c1-11-13-9-7-8-10-14(13)20-15(11)16(19)21-17(3,4)12(2)18(5)6/h7-10,12H,1-6H3. The minimum absolute atomic E-state index is 0.0890. The van der Waals surface area contributed by atoms with Crippen LogP contribution in [0.25, 0.3) is 11.0 Å². The summed E-state index contributed by atoms with van der Waals surface area (Å²) < 4.78 is 11.3. The molecule has 1 atom stereocenters. The van der Waals surface area contributed by atoms with E-state index in [4.69, 9.17) is 9.15 Å². The van der Waals surface area contributed by atoms with Crippen LogP contribution in [-0.4, -0.2) is 36.6 Å². The van der Waals surface area contributed by atoms with Gasteiger partial charge in [-0.15, -0.1) is 0 Å². The first kappa shape index (κ1) is 15.6. The van der Waals surface area contributed by atoms with Gasteiger partial charge in [0.2, 0.25) is 5.76 Å². The molecule has 2 rings (SSSR count). The van der Waals surface area contributed by atoms with Gasteiger partial charge in [-0.3, -0.25) is 0 Å². The van der Waals surface area contributed by atoms with Crippen LogP contribution in [0.2, 0.25) is 0 Å². The number of hydrogen-bond donors (Lipinski definition) is 0. The predicted molar refractivity (Wildman–Crippen MR) is 83.6 cm³/mol. The summed E-state index contributed by atoms with van der Waals surface area (Å²) in [5.74, 6) is -0.127. The third kappa shape index (κ3) is 2.95. The Bertz CT molecular complexity index is 655. The Balaban J connectivity index is 2.29. The van der Waals surface area contributed by atoms with Crippen molar-refractivity contribution < 1.29 is 13.9 Å². The maximum atomic E-state index is 12.4. The summed E-state index contributed by atoms with van der Waals surface area (Å²) in [5, 5.41) is 0.947. The minimum Gasteiger partial charge on any atom is -0.452 e. The number of nitrogens with zero attached hydrogens (tertiary/aromatic N) is 1. The van der Waals surface area contributed by atoms with Gasteiger partial charge in [0, 0.05) is 17.0 Å². The highest BCUT2D eigenvalue weighted by Crippen LogP contribution is 2.27. The van der Waals surface area contributed by atoms with E-state index in [1.165, 1.54) is 0 Å². The maximum Gasteiger partial charge on any atom is 0.375 e. The van der Waals surface area contributed by atoms with Crippen molar-refractivity contribution in [1.82, 2.24) is 4.90 Å². The number of rotatable bonds is 4. The molecule has 0 radical (unpaired) electrons. The lowest BCUT2D eigenvalue weighted by Crippen LogP contribution is -2.47. The molecule has 1 aromatic carbocycles. The molecule has 2 aromatic rings. The van der Waals surface area contributed by atoms with E-state index in [1.807, 2.05) is 71.0 Å². The fourth-order valence-corrected chi connectivity index (χ4v) is 2.36. The molecule has 0 saturated heterocycles. The summed E-state index contributed by atoms with van der Waals surface area (Å²) >= 11 is 0. The summed E-state index contributed by atoms with van der Waals surface area (Å²) in [5.41, 5.74) is 0.927. The Morgan fingerprint density at radius 1 is 1.29 bits per heavy atom. The molecule has 0 spiro atoms. The molecule has 4 nitrogen and oxygen atoms in total. The normalized spacial score (nSPS) is 13.7. The van der Waals surface area contributed by atoms with Crippen LogP contribution in [0.3, 0.4) is 0 Å². The second-order valence-electron chi connectivity index (χ2n) is 6.18. The van der Waals surface area contributed by atoms with E-state index in [2.05, 4.69) is 0 Å². The van der Waals surface area contributed by atoms with E-state index in [1.54, 1.807) is 0 Å². The summed E-state index contributed by atoms with van der Waals surface area (Å²) in [6.45, 7) is 7.73. The van der Waals surface area contributed by atoms with Crippen molar-refractivity contribution in [1.29, 1.82) is 0 Å². The van der Waals surface area contributed by atoms with Crippen molar-refractivity contribution in [2.24, 2.45) is 0 Å². The number of para-hydroxylation sites is 1. The number of esters is 1. The lowest BCUT2D eigenvalue weighted by Gasteiger charge is -2.35. The summed E-state index contributed by atoms with van der Waals surface area (Å²) in [4.78, 5) is 14.5. The fourth-order valence-electron chi connectivity index (χ4n) is 2.36. The van der Waals surface area contributed by atoms with Gasteiger partial charge >= 0.3 is 5.97 Å². The maximum absolute atomic E-state index is 12.4. The first-order chi connectivity index (χ1) is 9.74. The molecule has 1 heterocycles. The molecule has 114 valence electrons. The summed E-state index contributed by atoms with van der Waals surface area (Å²) in [7, 11) is 3.93. The molecule has 0 fully saturated rings. The zero-order chi connectivity index (χ0) is 15.8. The number of benzene rings is 1. The van der Waals surface area contributed by atoms with Gasteiger partial charge in [0.15, 0.2) is 0 Å². The van der Waals surface area contributed by atoms with E-state index < -0.39 is 11.6 Å². The lowest BCUT2D eigenvalue weighted by atomic mass is 9.99. The molecule has 0 amide bonds. The van der Waals surface area contributed by atoms with E-state index in [0.717, 1.165) is 10.9 Å². The van der Waals surface area contributed by atoms with E-state index in [-0.39, 0.29) is 11.8 Å². The van der Waals surface area contributed by atoms with Crippen molar-refractivity contribution in [3.63, 3.8) is 0 Å². The fraction of sp³-hybridized carbons (Fsp3) is 0.471. The number of carbonyl (C=O) groups excluding carboxylic acids is 1. The van der Waals surface area contributed by atoms with Gasteiger partial charge in [-0.05, 0) is 47.9 Å². The second-order valence-corrected chi connectivity index (χ2v) is 6.18. The smallest absolute Gasteiger partial charge is 0.375 e. The average molecular weight is 289 g/mol. The first-order valence-corrected chi connectivity index (χ1v) is 7.12. The Hall–Kier alpha value is -1.81. The third-order valence-corrected chi connectivity index (χ3v) is 4.17. The predicted octanol–water partition coefficient (Wildman–Crippen LogP) is 3.63. The highest BCUT2D eigenvalue weighted by molar-refractivity contribution is 5.96. The molecule has 0 aliphatic heterocycles. The number of hydrogen-bond acceptors (Lipinski definition) is 4. The van der Waals surface area contributed by atoms with Gasteiger partial charge < -0.3 is 14.1 Å². The molecular formula is C17H23NO3. The molecule has 21 heavy (non-hydrogen) atoms. The number of carbonyl (C=O) groups is 1. The highest BCUT2D eigenvalue weighted by Gasteiger charge is 2.33. The number of aryl methyl sites for hydroxylation is 1. The van der Waals surface area contributed by atoms with Crippen LogP contribution < -0.4 is 0 Å². The monoisotopic (exact) mass is 289 g/mol. The zero-order valence-corrected chi connectivity index (χ0v) is 13.6. The number of ether oxygens (including phenoxy) is 1. The second kappa shape index (κ2) is 5.53. The largest absolute Gasteiger partial charge is 0.452 e. The molecule has 0 aliphatic rings. The highest BCUT2D eigenvalue weighted by atomic mass is 16.6. The van der Waals surface area contributed by atoms with Crippen molar-refractivity contribution in [3.05, 3.63) is 35.6 Å². The summed E-state index contributed by atoms with van der Waals surface area (Å²) in [6, 6.07) is 7.70. The topological polar surface area (TPSA) is 42.7 Å². The van der Waals surface area contributed by atoms with Crippen LogP contribution in [0.1, 0.15) is 36.9 Å². The van der Waals surface area contributed by atoms with Gasteiger partial charge in [0.05, 0.1) is 0 Å². The summed E-state index contributed by atoms with van der Waals surface area (Å²) in [6.07, 6.45) is 0. The Morgan fingerprint density at radius 2 is 1.90 bits per heavy atom. The molecular weight excluding hydrogens is 266 g/mol. The molecule has 0 aliphatic carbocycles. The number of likely N-dealkylation sites (N-methyl/N-ethyl adjacent to an activating group) is 1. The van der Waals surface area contributed by atoms with Crippen LogP contribution in [-0.2, 0) is 4.74 Å². The van der Waals surface area contributed by atoms with Crippen molar-refractivity contribution >= 4 is 16.9 Å². The van der Waals surface area contributed by atoms with Gasteiger partial charge in [0.1, 0.15) is 11.2 Å². The molecule has 4 heteroatoms. The molecule has 1 aromatic heterocycles. The van der Waals surface area contributed by atoms with Gasteiger partial charge in [0.25, 0.3) is 0 Å². The number of fused-ring (bicyclic) bond motifs is 1. The van der Waals surface area contributed by atoms with Crippen LogP contribution in [0.4, 0.5) is 0 Å². The first-order valence-electron chi connectivity index (χ1n) is 7.12. The van der Waals surface area contributed by atoms with Gasteiger partial charge in [-0.25, -0.2) is 4.79 Å². The minimum atomic E-state index is -0.605. The van der Waals surface area contributed by atoms with Gasteiger partial charge in [-0.2, -0.15) is 0 Å². The van der Waals surface area contributed by atoms with Crippen molar-refractivity contribution in [2.45, 2.75) is 39.3 Å². The van der Waals surface area contributed by atoms with Crippen molar-refractivity contribution in [2.75, 3.05) is 14.1 Å². The third-order valence-electron chi connectivity index (χ3n) is 4.17. The zero-order valence-electron chi connectivity index (χ0n) is 13.6. The molecule has 0 saturated carbocycles. The lowest BCUT2D eigenvalue weighted by molar-refractivity contribution is -0.0362. The molecule has 1 unspecified atom stereocenters. The Labute approximate surface area is 125 Å². The van der Waals surface area contributed by atoms with E-state index >= 15 is 0 Å².